The lowest BCUT2D eigenvalue weighted by atomic mass is 10.0. The van der Waals surface area contributed by atoms with E-state index in [0.29, 0.717) is 12.4 Å². The maximum absolute atomic E-state index is 13.0. The average Bonchev–Trinajstić information content (AvgIpc) is 3.02. The molecule has 0 saturated heterocycles. The van der Waals surface area contributed by atoms with Crippen molar-refractivity contribution >= 4 is 23.2 Å². The highest BCUT2D eigenvalue weighted by molar-refractivity contribution is 6.17. The molecule has 184 valence electrons. The Balaban J connectivity index is 1.46. The normalized spacial score (nSPS) is 13.5. The fourth-order valence-electron chi connectivity index (χ4n) is 3.97. The number of benzene rings is 3. The maximum atomic E-state index is 13.0. The summed E-state index contributed by atoms with van der Waals surface area (Å²) in [5.74, 6) is 0.560. The van der Waals surface area contributed by atoms with Crippen LogP contribution in [0.4, 0.5) is 5.69 Å². The third-order valence-electron chi connectivity index (χ3n) is 5.76. The van der Waals surface area contributed by atoms with Crippen molar-refractivity contribution in [3.05, 3.63) is 108 Å². The summed E-state index contributed by atoms with van der Waals surface area (Å²) in [7, 11) is 1.91. The summed E-state index contributed by atoms with van der Waals surface area (Å²) in [6.45, 7) is 4.16. The second-order valence-electron chi connectivity index (χ2n) is 8.50. The molecule has 2 N–H and O–H groups in total. The van der Waals surface area contributed by atoms with Gasteiger partial charge in [0, 0.05) is 30.1 Å². The molecule has 1 aliphatic heterocycles. The Bertz CT molecular complexity index is 1280. The van der Waals surface area contributed by atoms with Crippen molar-refractivity contribution in [3.8, 4) is 5.75 Å². The third-order valence-corrected chi connectivity index (χ3v) is 5.76. The van der Waals surface area contributed by atoms with E-state index in [2.05, 4.69) is 10.6 Å². The summed E-state index contributed by atoms with van der Waals surface area (Å²) >= 11 is 0. The highest BCUT2D eigenvalue weighted by atomic mass is 16.5. The number of para-hydroxylation sites is 1. The van der Waals surface area contributed by atoms with Crippen LogP contribution >= 0.6 is 0 Å². The number of hydrogen-bond donors (Lipinski definition) is 2. The predicted octanol–water partition coefficient (Wildman–Crippen LogP) is 4.04. The van der Waals surface area contributed by atoms with Gasteiger partial charge in [0.2, 0.25) is 11.8 Å². The van der Waals surface area contributed by atoms with Crippen molar-refractivity contribution in [3.63, 3.8) is 0 Å². The van der Waals surface area contributed by atoms with Gasteiger partial charge in [-0.05, 0) is 37.6 Å². The Kier molecular flexibility index (Phi) is 7.80. The van der Waals surface area contributed by atoms with Crippen LogP contribution in [0.1, 0.15) is 30.5 Å². The molecule has 0 fully saturated rings. The summed E-state index contributed by atoms with van der Waals surface area (Å²) in [5, 5.41) is 5.65. The van der Waals surface area contributed by atoms with E-state index in [4.69, 9.17) is 9.73 Å². The minimum Gasteiger partial charge on any atom is -0.494 e. The molecule has 0 unspecified atom stereocenters. The number of carbonyl (C=O) groups excluding carboxylic acids is 2. The van der Waals surface area contributed by atoms with Crippen molar-refractivity contribution < 1.29 is 14.3 Å². The van der Waals surface area contributed by atoms with Crippen molar-refractivity contribution in [1.29, 1.82) is 0 Å². The molecular formula is C29H30N4O3. The smallest absolute Gasteiger partial charge is 0.247 e. The van der Waals surface area contributed by atoms with Gasteiger partial charge in [0.05, 0.1) is 18.7 Å². The van der Waals surface area contributed by atoms with E-state index in [-0.39, 0.29) is 18.2 Å². The summed E-state index contributed by atoms with van der Waals surface area (Å²) in [6.07, 6.45) is 1.95. The number of anilines is 1. The van der Waals surface area contributed by atoms with Gasteiger partial charge in [-0.15, -0.1) is 0 Å². The molecule has 7 nitrogen and oxygen atoms in total. The highest BCUT2D eigenvalue weighted by Gasteiger charge is 2.21. The van der Waals surface area contributed by atoms with Crippen LogP contribution in [0.15, 0.2) is 95.9 Å². The van der Waals surface area contributed by atoms with E-state index in [1.807, 2.05) is 97.7 Å². The topological polar surface area (TPSA) is 83.0 Å². The first-order chi connectivity index (χ1) is 17.4. The molecule has 0 radical (unpaired) electrons. The zero-order chi connectivity index (χ0) is 25.5. The first kappa shape index (κ1) is 24.7. The van der Waals surface area contributed by atoms with Gasteiger partial charge in [0.25, 0.3) is 0 Å². The Morgan fingerprint density at radius 3 is 2.39 bits per heavy atom. The summed E-state index contributed by atoms with van der Waals surface area (Å²) in [6, 6.07) is 24.4. The molecule has 4 rings (SSSR count). The van der Waals surface area contributed by atoms with Gasteiger partial charge >= 0.3 is 0 Å². The molecule has 0 aromatic heterocycles. The minimum atomic E-state index is -0.743. The zero-order valence-electron chi connectivity index (χ0n) is 20.7. The highest BCUT2D eigenvalue weighted by Crippen LogP contribution is 2.27. The number of fused-ring (bicyclic) bond motifs is 1. The van der Waals surface area contributed by atoms with E-state index >= 15 is 0 Å². The molecule has 7 heteroatoms. The summed E-state index contributed by atoms with van der Waals surface area (Å²) in [5.41, 5.74) is 4.47. The van der Waals surface area contributed by atoms with Crippen LogP contribution in [0.3, 0.4) is 0 Å². The molecule has 0 saturated carbocycles. The monoisotopic (exact) mass is 482 g/mol. The molecule has 3 aromatic rings. The molecule has 36 heavy (non-hydrogen) atoms. The van der Waals surface area contributed by atoms with Crippen molar-refractivity contribution in [2.75, 3.05) is 18.6 Å². The zero-order valence-corrected chi connectivity index (χ0v) is 20.7. The first-order valence-electron chi connectivity index (χ1n) is 11.9. The van der Waals surface area contributed by atoms with Gasteiger partial charge in [0.1, 0.15) is 17.6 Å². The number of nitrogens with zero attached hydrogens (tertiary/aromatic N) is 2. The third kappa shape index (κ3) is 5.99. The van der Waals surface area contributed by atoms with Gasteiger partial charge < -0.3 is 20.3 Å². The van der Waals surface area contributed by atoms with Crippen LogP contribution in [0.2, 0.25) is 0 Å². The largest absolute Gasteiger partial charge is 0.494 e. The molecule has 0 spiro atoms. The Hall–Kier alpha value is -4.39. The standard InChI is InChI=1S/C29H30N4O3/c1-4-36-23-16-14-21(15-17-23)18-27(34)30-20(2)29(35)32-26-19-33(3)25-13-9-8-12-24(25)28(31-26)22-10-6-5-7-11-22/h5-17,19-20H,4,18H2,1-3H3,(H,30,34)(H,32,35)/t20-/m0/s1. The number of hydrogen-bond acceptors (Lipinski definition) is 5. The molecular weight excluding hydrogens is 452 g/mol. The van der Waals surface area contributed by atoms with Crippen LogP contribution < -0.4 is 20.3 Å². The van der Waals surface area contributed by atoms with E-state index in [0.717, 1.165) is 33.8 Å². The Labute approximate surface area is 211 Å². The molecule has 0 aliphatic carbocycles. The minimum absolute atomic E-state index is 0.168. The second-order valence-corrected chi connectivity index (χ2v) is 8.50. The van der Waals surface area contributed by atoms with Gasteiger partial charge in [-0.3, -0.25) is 9.59 Å². The molecule has 3 aromatic carbocycles. The molecule has 1 heterocycles. The lowest BCUT2D eigenvalue weighted by Crippen LogP contribution is -2.45. The second kappa shape index (κ2) is 11.4. The Morgan fingerprint density at radius 2 is 1.67 bits per heavy atom. The average molecular weight is 483 g/mol. The van der Waals surface area contributed by atoms with Gasteiger partial charge in [-0.1, -0.05) is 60.7 Å². The van der Waals surface area contributed by atoms with E-state index in [1.165, 1.54) is 0 Å². The molecule has 1 aliphatic rings. The number of rotatable bonds is 8. The van der Waals surface area contributed by atoms with Crippen molar-refractivity contribution in [2.24, 2.45) is 4.99 Å². The summed E-state index contributed by atoms with van der Waals surface area (Å²) in [4.78, 5) is 32.3. The van der Waals surface area contributed by atoms with E-state index in [9.17, 15) is 9.59 Å². The molecule has 1 atom stereocenters. The fourth-order valence-corrected chi connectivity index (χ4v) is 3.97. The maximum Gasteiger partial charge on any atom is 0.247 e. The van der Waals surface area contributed by atoms with Crippen molar-refractivity contribution in [1.82, 2.24) is 10.6 Å². The molecule has 2 amide bonds. The fraction of sp³-hybridized carbons (Fsp3) is 0.207. The Morgan fingerprint density at radius 1 is 0.972 bits per heavy atom. The van der Waals surface area contributed by atoms with Crippen LogP contribution in [0.25, 0.3) is 0 Å². The van der Waals surface area contributed by atoms with Crippen LogP contribution in [0.5, 0.6) is 5.75 Å². The number of ether oxygens (including phenoxy) is 1. The number of carbonyl (C=O) groups is 2. The summed E-state index contributed by atoms with van der Waals surface area (Å²) < 4.78 is 5.43. The first-order valence-corrected chi connectivity index (χ1v) is 11.9. The van der Waals surface area contributed by atoms with Gasteiger partial charge in [0.15, 0.2) is 0 Å². The number of aliphatic imine (C=N–C) groups is 1. The van der Waals surface area contributed by atoms with E-state index in [1.54, 1.807) is 13.1 Å². The lowest BCUT2D eigenvalue weighted by Gasteiger charge is -2.17. The van der Waals surface area contributed by atoms with Crippen molar-refractivity contribution in [2.45, 2.75) is 26.3 Å². The van der Waals surface area contributed by atoms with Crippen LogP contribution in [0, 0.1) is 0 Å². The van der Waals surface area contributed by atoms with Gasteiger partial charge in [-0.2, -0.15) is 0 Å². The molecule has 0 bridgehead atoms. The van der Waals surface area contributed by atoms with Crippen LogP contribution in [-0.4, -0.2) is 37.2 Å². The SMILES string of the molecule is CCOc1ccc(CC(=O)N[C@@H](C)C(=O)NC2=CN(C)c3ccccc3C(c3ccccc3)=N2)cc1. The van der Waals surface area contributed by atoms with Gasteiger partial charge in [-0.25, -0.2) is 4.99 Å². The quantitative estimate of drug-likeness (QED) is 0.508. The number of amides is 2. The van der Waals surface area contributed by atoms with E-state index < -0.39 is 6.04 Å². The predicted molar refractivity (Wildman–Crippen MR) is 142 cm³/mol. The van der Waals surface area contributed by atoms with Crippen LogP contribution in [-0.2, 0) is 16.0 Å². The lowest BCUT2D eigenvalue weighted by molar-refractivity contribution is -0.127. The number of nitrogens with one attached hydrogen (secondary N) is 2.